The highest BCUT2D eigenvalue weighted by Crippen LogP contribution is 2.13. The van der Waals surface area contributed by atoms with Crippen molar-refractivity contribution in [2.24, 2.45) is 0 Å². The van der Waals surface area contributed by atoms with E-state index in [1.54, 1.807) is 6.07 Å². The maximum absolute atomic E-state index is 10.5. The van der Waals surface area contributed by atoms with Gasteiger partial charge in [0.2, 0.25) is 0 Å². The molecule has 15 heavy (non-hydrogen) atoms. The summed E-state index contributed by atoms with van der Waals surface area (Å²) < 4.78 is 0. The van der Waals surface area contributed by atoms with Crippen molar-refractivity contribution in [3.05, 3.63) is 24.0 Å². The number of carboxylic acid groups (broad SMARTS) is 1. The molecule has 0 aliphatic rings. The molecule has 4 nitrogen and oxygen atoms in total. The lowest BCUT2D eigenvalue weighted by molar-refractivity contribution is 0.0690. The Bertz CT molecular complexity index is 402. The maximum atomic E-state index is 10.5. The van der Waals surface area contributed by atoms with Crippen LogP contribution in [-0.4, -0.2) is 21.6 Å². The van der Waals surface area contributed by atoms with Gasteiger partial charge in [-0.05, 0) is 26.0 Å². The number of rotatable bonds is 3. The van der Waals surface area contributed by atoms with E-state index in [0.717, 1.165) is 0 Å². The summed E-state index contributed by atoms with van der Waals surface area (Å²) in [5, 5.41) is 11.7. The zero-order valence-electron chi connectivity index (χ0n) is 8.61. The number of carbonyl (C=O) groups is 1. The van der Waals surface area contributed by atoms with Gasteiger partial charge in [-0.25, -0.2) is 9.78 Å². The van der Waals surface area contributed by atoms with Crippen molar-refractivity contribution < 1.29 is 9.90 Å². The Morgan fingerprint density at radius 3 is 2.67 bits per heavy atom. The minimum atomic E-state index is -1.04. The van der Waals surface area contributed by atoms with Gasteiger partial charge in [-0.2, -0.15) is 0 Å². The molecule has 0 aliphatic heterocycles. The van der Waals surface area contributed by atoms with Crippen molar-refractivity contribution in [3.8, 4) is 12.3 Å². The fourth-order valence-corrected chi connectivity index (χ4v) is 0.991. The van der Waals surface area contributed by atoms with Crippen LogP contribution in [0.2, 0.25) is 0 Å². The van der Waals surface area contributed by atoms with Crippen LogP contribution in [0.4, 0.5) is 5.69 Å². The zero-order valence-corrected chi connectivity index (χ0v) is 8.61. The highest BCUT2D eigenvalue weighted by Gasteiger charge is 2.13. The van der Waals surface area contributed by atoms with Crippen molar-refractivity contribution in [2.75, 3.05) is 5.32 Å². The maximum Gasteiger partial charge on any atom is 0.354 e. The lowest BCUT2D eigenvalue weighted by Gasteiger charge is -2.20. The van der Waals surface area contributed by atoms with Gasteiger partial charge in [0, 0.05) is 0 Å². The molecule has 0 radical (unpaired) electrons. The molecule has 0 saturated heterocycles. The first-order valence-corrected chi connectivity index (χ1v) is 4.40. The van der Waals surface area contributed by atoms with E-state index >= 15 is 0 Å². The first-order chi connectivity index (χ1) is 6.94. The van der Waals surface area contributed by atoms with Gasteiger partial charge >= 0.3 is 5.97 Å². The molecule has 0 aromatic carbocycles. The number of terminal acetylenes is 1. The lowest BCUT2D eigenvalue weighted by atomic mass is 10.1. The van der Waals surface area contributed by atoms with E-state index in [2.05, 4.69) is 16.2 Å². The van der Waals surface area contributed by atoms with Gasteiger partial charge in [0.1, 0.15) is 5.69 Å². The smallest absolute Gasteiger partial charge is 0.354 e. The number of anilines is 1. The summed E-state index contributed by atoms with van der Waals surface area (Å²) in [6.45, 7) is 3.69. The number of hydrogen-bond acceptors (Lipinski definition) is 3. The largest absolute Gasteiger partial charge is 0.477 e. The summed E-state index contributed by atoms with van der Waals surface area (Å²) in [5.74, 6) is 1.53. The predicted octanol–water partition coefficient (Wildman–Crippen LogP) is 1.60. The van der Waals surface area contributed by atoms with E-state index < -0.39 is 11.5 Å². The Morgan fingerprint density at radius 2 is 2.27 bits per heavy atom. The molecular formula is C11H12N2O2. The second-order valence-electron chi connectivity index (χ2n) is 3.63. The number of nitrogens with zero attached hydrogens (tertiary/aromatic N) is 1. The van der Waals surface area contributed by atoms with Gasteiger partial charge in [0.15, 0.2) is 0 Å². The summed E-state index contributed by atoms with van der Waals surface area (Å²) >= 11 is 0. The van der Waals surface area contributed by atoms with Crippen molar-refractivity contribution in [1.29, 1.82) is 0 Å². The highest BCUT2D eigenvalue weighted by molar-refractivity contribution is 5.85. The molecule has 0 saturated carbocycles. The zero-order chi connectivity index (χ0) is 11.5. The second kappa shape index (κ2) is 4.01. The van der Waals surface area contributed by atoms with Crippen LogP contribution in [0, 0.1) is 12.3 Å². The topological polar surface area (TPSA) is 62.2 Å². The Labute approximate surface area is 88.3 Å². The third-order valence-corrected chi connectivity index (χ3v) is 1.80. The van der Waals surface area contributed by atoms with Crippen molar-refractivity contribution >= 4 is 11.7 Å². The summed E-state index contributed by atoms with van der Waals surface area (Å²) in [5.41, 5.74) is 0.230. The first-order valence-electron chi connectivity index (χ1n) is 4.40. The quantitative estimate of drug-likeness (QED) is 0.734. The molecule has 4 heteroatoms. The van der Waals surface area contributed by atoms with Crippen LogP contribution in [0.25, 0.3) is 0 Å². The van der Waals surface area contributed by atoms with E-state index in [9.17, 15) is 4.79 Å². The molecule has 1 aromatic rings. The van der Waals surface area contributed by atoms with Crippen LogP contribution in [0.5, 0.6) is 0 Å². The van der Waals surface area contributed by atoms with Crippen LogP contribution in [0.1, 0.15) is 24.3 Å². The predicted molar refractivity (Wildman–Crippen MR) is 57.7 cm³/mol. The van der Waals surface area contributed by atoms with Crippen molar-refractivity contribution in [2.45, 2.75) is 19.4 Å². The van der Waals surface area contributed by atoms with Gasteiger partial charge in [-0.15, -0.1) is 6.42 Å². The highest BCUT2D eigenvalue weighted by atomic mass is 16.4. The SMILES string of the molecule is C#CC(C)(C)Nc1ccc(C(=O)O)nc1. The molecule has 1 aromatic heterocycles. The van der Waals surface area contributed by atoms with Gasteiger partial charge < -0.3 is 10.4 Å². The molecule has 2 N–H and O–H groups in total. The Morgan fingerprint density at radius 1 is 1.60 bits per heavy atom. The fourth-order valence-electron chi connectivity index (χ4n) is 0.991. The summed E-state index contributed by atoms with van der Waals surface area (Å²) in [4.78, 5) is 14.3. The molecule has 0 unspecified atom stereocenters. The fraction of sp³-hybridized carbons (Fsp3) is 0.273. The molecular weight excluding hydrogens is 192 g/mol. The third-order valence-electron chi connectivity index (χ3n) is 1.80. The number of aromatic carboxylic acids is 1. The van der Waals surface area contributed by atoms with E-state index in [-0.39, 0.29) is 5.69 Å². The van der Waals surface area contributed by atoms with Crippen LogP contribution in [0.15, 0.2) is 18.3 Å². The monoisotopic (exact) mass is 204 g/mol. The average molecular weight is 204 g/mol. The van der Waals surface area contributed by atoms with Crippen molar-refractivity contribution in [3.63, 3.8) is 0 Å². The minimum Gasteiger partial charge on any atom is -0.477 e. The van der Waals surface area contributed by atoms with Gasteiger partial charge in [0.05, 0.1) is 17.4 Å². The number of hydrogen-bond donors (Lipinski definition) is 2. The first kappa shape index (κ1) is 11.1. The van der Waals surface area contributed by atoms with Crippen LogP contribution in [-0.2, 0) is 0 Å². The molecule has 0 bridgehead atoms. The summed E-state index contributed by atoms with van der Waals surface area (Å²) in [7, 11) is 0. The summed E-state index contributed by atoms with van der Waals surface area (Å²) in [6.07, 6.45) is 6.75. The van der Waals surface area contributed by atoms with Gasteiger partial charge in [0.25, 0.3) is 0 Å². The van der Waals surface area contributed by atoms with E-state index in [1.807, 2.05) is 13.8 Å². The van der Waals surface area contributed by atoms with Gasteiger partial charge in [-0.1, -0.05) is 5.92 Å². The Balaban J connectivity index is 2.83. The number of nitrogens with one attached hydrogen (secondary N) is 1. The minimum absolute atomic E-state index is 0.0130. The van der Waals surface area contributed by atoms with E-state index in [0.29, 0.717) is 5.69 Å². The molecule has 1 heterocycles. The Hall–Kier alpha value is -2.02. The Kier molecular flexibility index (Phi) is 2.96. The normalized spacial score (nSPS) is 10.5. The van der Waals surface area contributed by atoms with Crippen molar-refractivity contribution in [1.82, 2.24) is 4.98 Å². The van der Waals surface area contributed by atoms with Gasteiger partial charge in [-0.3, -0.25) is 0 Å². The molecule has 1 rings (SSSR count). The third kappa shape index (κ3) is 2.99. The molecule has 0 aliphatic carbocycles. The van der Waals surface area contributed by atoms with E-state index in [1.165, 1.54) is 12.3 Å². The molecule has 0 fully saturated rings. The molecule has 0 spiro atoms. The lowest BCUT2D eigenvalue weighted by Crippen LogP contribution is -2.28. The molecule has 78 valence electrons. The standard InChI is InChI=1S/C11H12N2O2/c1-4-11(2,3)13-8-5-6-9(10(14)15)12-7-8/h1,5-7,13H,2-3H3,(H,14,15). The number of aromatic nitrogens is 1. The number of pyridine rings is 1. The summed E-state index contributed by atoms with van der Waals surface area (Å²) in [6, 6.07) is 3.06. The molecule has 0 amide bonds. The second-order valence-corrected chi connectivity index (χ2v) is 3.63. The van der Waals surface area contributed by atoms with E-state index in [4.69, 9.17) is 11.5 Å². The number of carboxylic acids is 1. The van der Waals surface area contributed by atoms with Crippen LogP contribution >= 0.6 is 0 Å². The molecule has 0 atom stereocenters. The van der Waals surface area contributed by atoms with Crippen LogP contribution < -0.4 is 5.32 Å². The average Bonchev–Trinajstić information content (AvgIpc) is 2.18. The van der Waals surface area contributed by atoms with Crippen LogP contribution in [0.3, 0.4) is 0 Å².